The summed E-state index contributed by atoms with van der Waals surface area (Å²) in [4.78, 5) is 41.3. The average Bonchev–Trinajstić information content (AvgIpc) is 4.03. The summed E-state index contributed by atoms with van der Waals surface area (Å²) in [5.74, 6) is -0.742. The largest absolute Gasteiger partial charge is 0.327 e. The van der Waals surface area contributed by atoms with E-state index in [4.69, 9.17) is 23.2 Å². The molecule has 8 aromatic rings. The standard InChI is InChI=1S/2C21H15ClFN3OS/c2*22-18-11-16-17(28-18)7-9-26(20(16)13-1-4-15(23)5-2-13)21(27)14-3-6-19-24-8-10-25(19)12-14/h2*1-6,8,10-12,20H,7,9H2/t2*20-/m10/s1. The molecule has 0 saturated carbocycles. The van der Waals surface area contributed by atoms with Gasteiger partial charge in [-0.2, -0.15) is 0 Å². The van der Waals surface area contributed by atoms with Crippen molar-refractivity contribution in [2.45, 2.75) is 24.9 Å². The highest BCUT2D eigenvalue weighted by Crippen LogP contribution is 2.43. The molecule has 0 fully saturated rings. The van der Waals surface area contributed by atoms with E-state index >= 15 is 0 Å². The van der Waals surface area contributed by atoms with Gasteiger partial charge in [-0.1, -0.05) is 47.5 Å². The fourth-order valence-corrected chi connectivity index (χ4v) is 10.2. The van der Waals surface area contributed by atoms with Gasteiger partial charge >= 0.3 is 0 Å². The second-order valence-electron chi connectivity index (χ2n) is 13.5. The summed E-state index contributed by atoms with van der Waals surface area (Å²) in [6.45, 7) is 1.15. The summed E-state index contributed by atoms with van der Waals surface area (Å²) in [6, 6.07) is 23.2. The van der Waals surface area contributed by atoms with Crippen LogP contribution in [0.25, 0.3) is 11.3 Å². The van der Waals surface area contributed by atoms with E-state index in [0.717, 1.165) is 46.4 Å². The Kier molecular flexibility index (Phi) is 9.66. The van der Waals surface area contributed by atoms with Gasteiger partial charge in [-0.15, -0.1) is 22.7 Å². The first kappa shape index (κ1) is 36.3. The fraction of sp³-hybridized carbons (Fsp3) is 0.143. The van der Waals surface area contributed by atoms with Gasteiger partial charge in [0.15, 0.2) is 0 Å². The molecule has 8 heterocycles. The molecule has 8 nitrogen and oxygen atoms in total. The van der Waals surface area contributed by atoms with Crippen molar-refractivity contribution in [3.05, 3.63) is 186 Å². The normalized spacial score (nSPS) is 16.4. The van der Waals surface area contributed by atoms with Crippen molar-refractivity contribution >= 4 is 69.0 Å². The summed E-state index contributed by atoms with van der Waals surface area (Å²) < 4.78 is 32.0. The molecule has 2 atom stereocenters. The number of carbonyl (C=O) groups is 2. The van der Waals surface area contributed by atoms with E-state index in [1.165, 1.54) is 34.0 Å². The quantitative estimate of drug-likeness (QED) is 0.177. The monoisotopic (exact) mass is 822 g/mol. The highest BCUT2D eigenvalue weighted by Gasteiger charge is 2.36. The Balaban J connectivity index is 0.000000146. The third kappa shape index (κ3) is 6.87. The van der Waals surface area contributed by atoms with Crippen LogP contribution in [0, 0.1) is 11.6 Å². The number of carbonyl (C=O) groups excluding carboxylic acids is 2. The molecule has 280 valence electrons. The van der Waals surface area contributed by atoms with Crippen LogP contribution >= 0.6 is 45.9 Å². The number of halogens is 4. The predicted octanol–water partition coefficient (Wildman–Crippen LogP) is 9.95. The molecule has 0 bridgehead atoms. The third-order valence-electron chi connectivity index (χ3n) is 10.2. The number of thiophene rings is 2. The zero-order valence-electron chi connectivity index (χ0n) is 29.4. The minimum Gasteiger partial charge on any atom is -0.327 e. The summed E-state index contributed by atoms with van der Waals surface area (Å²) in [5.41, 5.74) is 6.52. The van der Waals surface area contributed by atoms with E-state index in [1.54, 1.807) is 83.9 Å². The summed E-state index contributed by atoms with van der Waals surface area (Å²) >= 11 is 15.6. The first-order chi connectivity index (χ1) is 27.2. The van der Waals surface area contributed by atoms with Crippen LogP contribution in [0.2, 0.25) is 8.67 Å². The van der Waals surface area contributed by atoms with Crippen LogP contribution in [0.4, 0.5) is 8.78 Å². The minimum atomic E-state index is -0.299. The number of fused-ring (bicyclic) bond motifs is 4. The maximum atomic E-state index is 13.5. The molecular weight excluding hydrogens is 794 g/mol. The van der Waals surface area contributed by atoms with Crippen molar-refractivity contribution in [3.8, 4) is 0 Å². The van der Waals surface area contributed by atoms with Crippen molar-refractivity contribution in [1.82, 2.24) is 28.6 Å². The van der Waals surface area contributed by atoms with E-state index in [1.807, 2.05) is 55.3 Å². The minimum absolute atomic E-state index is 0.0714. The van der Waals surface area contributed by atoms with Crippen LogP contribution in [0.5, 0.6) is 0 Å². The van der Waals surface area contributed by atoms with Crippen molar-refractivity contribution in [2.75, 3.05) is 13.1 Å². The Morgan fingerprint density at radius 2 is 1.02 bits per heavy atom. The number of benzene rings is 2. The maximum absolute atomic E-state index is 13.5. The Bertz CT molecular complexity index is 2560. The van der Waals surface area contributed by atoms with Crippen LogP contribution in [0.15, 0.2) is 122 Å². The molecular formula is C42H30Cl2F2N6O2S2. The second kappa shape index (κ2) is 14.9. The number of amides is 2. The number of hydrogen-bond donors (Lipinski definition) is 0. The molecule has 14 heteroatoms. The van der Waals surface area contributed by atoms with Gasteiger partial charge in [0.25, 0.3) is 11.8 Å². The van der Waals surface area contributed by atoms with Crippen molar-refractivity contribution in [3.63, 3.8) is 0 Å². The van der Waals surface area contributed by atoms with Gasteiger partial charge in [0.05, 0.1) is 31.9 Å². The van der Waals surface area contributed by atoms with E-state index in [0.29, 0.717) is 32.9 Å². The number of pyridine rings is 2. The van der Waals surface area contributed by atoms with Gasteiger partial charge < -0.3 is 18.6 Å². The molecule has 10 rings (SSSR count). The molecule has 6 aromatic heterocycles. The lowest BCUT2D eigenvalue weighted by Crippen LogP contribution is -2.40. The molecule has 2 aromatic carbocycles. The van der Waals surface area contributed by atoms with Gasteiger partial charge in [-0.3, -0.25) is 9.59 Å². The first-order valence-corrected chi connectivity index (χ1v) is 20.1. The molecule has 0 aliphatic carbocycles. The summed E-state index contributed by atoms with van der Waals surface area (Å²) in [5, 5.41) is 0. The Morgan fingerprint density at radius 3 is 1.43 bits per heavy atom. The van der Waals surface area contributed by atoms with Crippen LogP contribution in [0.1, 0.15) is 64.8 Å². The summed E-state index contributed by atoms with van der Waals surface area (Å²) in [7, 11) is 0. The van der Waals surface area contributed by atoms with Crippen LogP contribution in [-0.2, 0) is 12.8 Å². The topological polar surface area (TPSA) is 75.2 Å². The number of nitrogens with zero attached hydrogens (tertiary/aromatic N) is 6. The molecule has 0 unspecified atom stereocenters. The predicted molar refractivity (Wildman–Crippen MR) is 215 cm³/mol. The second-order valence-corrected chi connectivity index (χ2v) is 17.0. The average molecular weight is 824 g/mol. The van der Waals surface area contributed by atoms with Gasteiger partial charge in [0, 0.05) is 60.0 Å². The van der Waals surface area contributed by atoms with Crippen LogP contribution in [0.3, 0.4) is 0 Å². The Labute approximate surface area is 337 Å². The van der Waals surface area contributed by atoms with Gasteiger partial charge in [-0.05, 0) is 95.8 Å². The van der Waals surface area contributed by atoms with E-state index in [-0.39, 0.29) is 35.5 Å². The summed E-state index contributed by atoms with van der Waals surface area (Å²) in [6.07, 6.45) is 12.1. The zero-order chi connectivity index (χ0) is 38.5. The van der Waals surface area contributed by atoms with E-state index in [9.17, 15) is 18.4 Å². The molecule has 0 saturated heterocycles. The maximum Gasteiger partial charge on any atom is 0.256 e. The Morgan fingerprint density at radius 1 is 0.607 bits per heavy atom. The fourth-order valence-electron chi connectivity index (χ4n) is 7.58. The van der Waals surface area contributed by atoms with Crippen molar-refractivity contribution < 1.29 is 18.4 Å². The zero-order valence-corrected chi connectivity index (χ0v) is 32.5. The van der Waals surface area contributed by atoms with Crippen LogP contribution < -0.4 is 0 Å². The number of hydrogen-bond acceptors (Lipinski definition) is 6. The van der Waals surface area contributed by atoms with Crippen LogP contribution in [-0.4, -0.2) is 53.5 Å². The van der Waals surface area contributed by atoms with Crippen molar-refractivity contribution in [2.24, 2.45) is 0 Å². The first-order valence-electron chi connectivity index (χ1n) is 17.7. The molecule has 2 amide bonds. The lowest BCUT2D eigenvalue weighted by Gasteiger charge is -2.36. The third-order valence-corrected chi connectivity index (χ3v) is 12.8. The van der Waals surface area contributed by atoms with Crippen molar-refractivity contribution in [1.29, 1.82) is 0 Å². The number of aromatic nitrogens is 4. The molecule has 2 aliphatic rings. The van der Waals surface area contributed by atoms with Gasteiger partial charge in [0.1, 0.15) is 22.9 Å². The van der Waals surface area contributed by atoms with E-state index < -0.39 is 0 Å². The lowest BCUT2D eigenvalue weighted by atomic mass is 9.92. The number of rotatable bonds is 4. The Hall–Kier alpha value is -5.40. The molecule has 2 aliphatic heterocycles. The number of imidazole rings is 2. The smallest absolute Gasteiger partial charge is 0.256 e. The molecule has 56 heavy (non-hydrogen) atoms. The molecule has 0 spiro atoms. The molecule has 0 radical (unpaired) electrons. The highest BCUT2D eigenvalue weighted by molar-refractivity contribution is 7.16. The lowest BCUT2D eigenvalue weighted by molar-refractivity contribution is 0.0688. The van der Waals surface area contributed by atoms with Gasteiger partial charge in [-0.25, -0.2) is 18.7 Å². The SMILES string of the molecule is O=C(c1ccc2nccn2c1)N1CCc2sc(Cl)cc2[C@@H]1c1ccc(F)cc1.O=C(c1ccc2nccn2c1)N1CCc2sc(Cl)cc2[C@H]1c1ccc(F)cc1. The highest BCUT2D eigenvalue weighted by atomic mass is 35.5. The van der Waals surface area contributed by atoms with E-state index in [2.05, 4.69) is 9.97 Å². The van der Waals surface area contributed by atoms with Gasteiger partial charge in [0.2, 0.25) is 0 Å². The molecule has 0 N–H and O–H groups in total.